The topological polar surface area (TPSA) is 74.6 Å². The van der Waals surface area contributed by atoms with Crippen molar-refractivity contribution in [3.05, 3.63) is 48.0 Å². The van der Waals surface area contributed by atoms with Gasteiger partial charge >= 0.3 is 5.97 Å². The molecule has 2 N–H and O–H groups in total. The Balaban J connectivity index is 1.89. The highest BCUT2D eigenvalue weighted by atomic mass is 16.4. The van der Waals surface area contributed by atoms with Crippen LogP contribution in [0, 0.1) is 5.92 Å². The van der Waals surface area contributed by atoms with Crippen LogP contribution in [0.1, 0.15) is 100 Å². The van der Waals surface area contributed by atoms with E-state index in [0.717, 1.165) is 63.4 Å². The first kappa shape index (κ1) is 23.3. The molecular formula is C25H36O4. The number of carboxylic acids is 1. The van der Waals surface area contributed by atoms with Crippen molar-refractivity contribution in [2.24, 2.45) is 5.92 Å². The number of carboxylic acid groups (broad SMARTS) is 1. The van der Waals surface area contributed by atoms with E-state index in [9.17, 15) is 14.7 Å². The Morgan fingerprint density at radius 3 is 2.72 bits per heavy atom. The van der Waals surface area contributed by atoms with Crippen molar-refractivity contribution in [3.63, 3.8) is 0 Å². The number of allylic oxidation sites excluding steroid dienone is 1. The molecule has 2 rings (SSSR count). The highest BCUT2D eigenvalue weighted by Gasteiger charge is 2.35. The Kier molecular flexibility index (Phi) is 10.1. The fraction of sp³-hybridized carbons (Fsp3) is 0.600. The Bertz CT molecular complexity index is 667. The van der Waals surface area contributed by atoms with E-state index in [1.54, 1.807) is 0 Å². The van der Waals surface area contributed by atoms with Gasteiger partial charge in [0, 0.05) is 18.8 Å². The minimum atomic E-state index is -0.737. The third kappa shape index (κ3) is 7.77. The van der Waals surface area contributed by atoms with E-state index in [0.29, 0.717) is 18.6 Å². The van der Waals surface area contributed by atoms with E-state index in [2.05, 4.69) is 18.7 Å². The van der Waals surface area contributed by atoms with Crippen LogP contribution in [0.5, 0.6) is 0 Å². The molecule has 1 saturated carbocycles. The number of carbonyl (C=O) groups excluding carboxylic acids is 1. The summed E-state index contributed by atoms with van der Waals surface area (Å²) in [6.07, 6.45) is 11.4. The number of carbonyl (C=O) groups is 2. The van der Waals surface area contributed by atoms with Crippen molar-refractivity contribution in [2.45, 2.75) is 89.1 Å². The molecule has 0 spiro atoms. The Hall–Kier alpha value is -1.94. The fourth-order valence-electron chi connectivity index (χ4n) is 4.45. The van der Waals surface area contributed by atoms with Crippen LogP contribution in [0.2, 0.25) is 0 Å². The van der Waals surface area contributed by atoms with Gasteiger partial charge in [0.05, 0.1) is 6.10 Å². The predicted molar refractivity (Wildman–Crippen MR) is 116 cm³/mol. The lowest BCUT2D eigenvalue weighted by Crippen LogP contribution is -2.14. The highest BCUT2D eigenvalue weighted by molar-refractivity contribution is 5.84. The molecule has 160 valence electrons. The highest BCUT2D eigenvalue weighted by Crippen LogP contribution is 2.41. The van der Waals surface area contributed by atoms with Gasteiger partial charge in [-0.05, 0) is 55.6 Å². The van der Waals surface area contributed by atoms with E-state index < -0.39 is 12.1 Å². The van der Waals surface area contributed by atoms with Crippen LogP contribution in [0.15, 0.2) is 36.9 Å². The van der Waals surface area contributed by atoms with Crippen LogP contribution in [-0.4, -0.2) is 22.0 Å². The second-order valence-corrected chi connectivity index (χ2v) is 8.32. The van der Waals surface area contributed by atoms with Gasteiger partial charge < -0.3 is 10.2 Å². The van der Waals surface area contributed by atoms with E-state index in [1.807, 2.05) is 18.2 Å². The van der Waals surface area contributed by atoms with E-state index in [4.69, 9.17) is 5.11 Å². The monoisotopic (exact) mass is 400 g/mol. The smallest absolute Gasteiger partial charge is 0.303 e. The van der Waals surface area contributed by atoms with Crippen molar-refractivity contribution in [2.75, 3.05) is 0 Å². The number of aliphatic carboxylic acids is 1. The van der Waals surface area contributed by atoms with Gasteiger partial charge in [0.2, 0.25) is 0 Å². The zero-order valence-electron chi connectivity index (χ0n) is 17.5. The van der Waals surface area contributed by atoms with Gasteiger partial charge in [-0.15, -0.1) is 6.58 Å². The van der Waals surface area contributed by atoms with Crippen LogP contribution < -0.4 is 0 Å². The van der Waals surface area contributed by atoms with E-state index in [-0.39, 0.29) is 18.3 Å². The molecule has 29 heavy (non-hydrogen) atoms. The molecule has 1 aliphatic carbocycles. The van der Waals surface area contributed by atoms with Crippen molar-refractivity contribution < 1.29 is 19.8 Å². The molecule has 1 unspecified atom stereocenters. The third-order valence-corrected chi connectivity index (χ3v) is 6.12. The molecule has 0 radical (unpaired) electrons. The maximum Gasteiger partial charge on any atom is 0.303 e. The molecule has 0 aromatic heterocycles. The molecule has 0 aliphatic heterocycles. The van der Waals surface area contributed by atoms with Crippen LogP contribution in [0.3, 0.4) is 0 Å². The molecular weight excluding hydrogens is 364 g/mol. The zero-order valence-corrected chi connectivity index (χ0v) is 17.5. The predicted octanol–water partition coefficient (Wildman–Crippen LogP) is 5.95. The van der Waals surface area contributed by atoms with E-state index >= 15 is 0 Å². The summed E-state index contributed by atoms with van der Waals surface area (Å²) >= 11 is 0. The van der Waals surface area contributed by atoms with E-state index in [1.165, 1.54) is 5.56 Å². The molecule has 1 fully saturated rings. The molecule has 1 aliphatic rings. The normalized spacial score (nSPS) is 20.0. The number of ketones is 1. The Morgan fingerprint density at radius 2 is 1.97 bits per heavy atom. The summed E-state index contributed by atoms with van der Waals surface area (Å²) in [5.74, 6) is -0.0707. The second kappa shape index (κ2) is 12.6. The number of unbranched alkanes of at least 4 members (excludes halogenated alkanes) is 5. The van der Waals surface area contributed by atoms with Crippen molar-refractivity contribution >= 4 is 11.8 Å². The van der Waals surface area contributed by atoms with Crippen molar-refractivity contribution in [1.29, 1.82) is 0 Å². The lowest BCUT2D eigenvalue weighted by molar-refractivity contribution is -0.137. The summed E-state index contributed by atoms with van der Waals surface area (Å²) in [4.78, 5) is 23.0. The first-order valence-corrected chi connectivity index (χ1v) is 11.2. The number of benzene rings is 1. The molecule has 4 heteroatoms. The van der Waals surface area contributed by atoms with Crippen LogP contribution in [0.25, 0.3) is 0 Å². The maximum absolute atomic E-state index is 12.5. The summed E-state index contributed by atoms with van der Waals surface area (Å²) in [7, 11) is 0. The zero-order chi connectivity index (χ0) is 21.1. The minimum Gasteiger partial charge on any atom is -0.481 e. The third-order valence-electron chi connectivity index (χ3n) is 6.12. The Morgan fingerprint density at radius 1 is 1.17 bits per heavy atom. The van der Waals surface area contributed by atoms with Gasteiger partial charge in [0.15, 0.2) is 0 Å². The van der Waals surface area contributed by atoms with Gasteiger partial charge in [-0.25, -0.2) is 0 Å². The molecule has 0 heterocycles. The SMILES string of the molecule is C=CCCCCC(O)c1cccc([C@H]2CCC(=O)[C@@H]2CCCCCCC(=O)O)c1. The summed E-state index contributed by atoms with van der Waals surface area (Å²) in [6.45, 7) is 3.73. The first-order valence-electron chi connectivity index (χ1n) is 11.2. The molecule has 3 atom stereocenters. The second-order valence-electron chi connectivity index (χ2n) is 8.32. The van der Waals surface area contributed by atoms with Crippen LogP contribution in [-0.2, 0) is 9.59 Å². The van der Waals surface area contributed by atoms with Crippen LogP contribution >= 0.6 is 0 Å². The van der Waals surface area contributed by atoms with Gasteiger partial charge in [0.1, 0.15) is 5.78 Å². The lowest BCUT2D eigenvalue weighted by atomic mass is 9.84. The molecule has 0 bridgehead atoms. The van der Waals surface area contributed by atoms with Gasteiger partial charge in [-0.3, -0.25) is 9.59 Å². The van der Waals surface area contributed by atoms with Crippen molar-refractivity contribution in [3.8, 4) is 0 Å². The average Bonchev–Trinajstić information content (AvgIpc) is 3.08. The molecule has 4 nitrogen and oxygen atoms in total. The quantitative estimate of drug-likeness (QED) is 0.299. The largest absolute Gasteiger partial charge is 0.481 e. The van der Waals surface area contributed by atoms with Gasteiger partial charge in [0.25, 0.3) is 0 Å². The summed E-state index contributed by atoms with van der Waals surface area (Å²) in [5.41, 5.74) is 2.13. The molecule has 0 amide bonds. The van der Waals surface area contributed by atoms with Crippen LogP contribution in [0.4, 0.5) is 0 Å². The number of hydrogen-bond acceptors (Lipinski definition) is 3. The maximum atomic E-state index is 12.5. The molecule has 0 saturated heterocycles. The number of aliphatic hydroxyl groups excluding tert-OH is 1. The average molecular weight is 401 g/mol. The fourth-order valence-corrected chi connectivity index (χ4v) is 4.45. The molecule has 1 aromatic rings. The number of hydrogen-bond donors (Lipinski definition) is 2. The summed E-state index contributed by atoms with van der Waals surface area (Å²) in [6, 6.07) is 8.18. The van der Waals surface area contributed by atoms with Crippen molar-refractivity contribution in [1.82, 2.24) is 0 Å². The molecule has 1 aromatic carbocycles. The number of Topliss-reactive ketones (excluding diaryl/α,β-unsaturated/α-hetero) is 1. The Labute approximate surface area is 175 Å². The summed E-state index contributed by atoms with van der Waals surface area (Å²) < 4.78 is 0. The minimum absolute atomic E-state index is 0.0643. The number of rotatable bonds is 14. The summed E-state index contributed by atoms with van der Waals surface area (Å²) in [5, 5.41) is 19.2. The standard InChI is InChI=1S/C25H36O4/c1-2-3-4-8-14-23(26)20-12-10-11-19(18-20)21-16-17-24(27)22(21)13-7-5-6-9-15-25(28)29/h2,10-12,18,21-23,26H,1,3-9,13-17H2,(H,28,29)/t21-,22-,23?/m1/s1. The number of aliphatic hydroxyl groups is 1. The lowest BCUT2D eigenvalue weighted by Gasteiger charge is -2.20. The van der Waals surface area contributed by atoms with Gasteiger partial charge in [-0.1, -0.05) is 56.0 Å². The van der Waals surface area contributed by atoms with Gasteiger partial charge in [-0.2, -0.15) is 0 Å². The first-order chi connectivity index (χ1) is 14.0.